The fraction of sp³-hybridized carbons (Fsp3) is 0.400. The Morgan fingerprint density at radius 1 is 1.32 bits per heavy atom. The summed E-state index contributed by atoms with van der Waals surface area (Å²) in [7, 11) is 0. The number of nitrogens with zero attached hydrogens (tertiary/aromatic N) is 1. The number of carbonyl (C=O) groups excluding carboxylic acids is 1. The van der Waals surface area contributed by atoms with Gasteiger partial charge in [-0.1, -0.05) is 13.0 Å². The molecule has 19 heavy (non-hydrogen) atoms. The van der Waals surface area contributed by atoms with Crippen LogP contribution >= 0.6 is 0 Å². The summed E-state index contributed by atoms with van der Waals surface area (Å²) < 4.78 is 5.27. The zero-order valence-electron chi connectivity index (χ0n) is 11.1. The number of amides is 1. The van der Waals surface area contributed by atoms with E-state index in [1.165, 1.54) is 5.56 Å². The lowest BCUT2D eigenvalue weighted by Gasteiger charge is -2.26. The third kappa shape index (κ3) is 2.36. The molecule has 0 unspecified atom stereocenters. The fourth-order valence-electron chi connectivity index (χ4n) is 2.45. The normalized spacial score (nSPS) is 15.9. The molecule has 1 aliphatic heterocycles. The SMILES string of the molecule is CCc1ccc2[nH]c(C(=O)N3CCOCC3)cc2c1. The van der Waals surface area contributed by atoms with E-state index in [1.54, 1.807) is 0 Å². The maximum Gasteiger partial charge on any atom is 0.270 e. The minimum Gasteiger partial charge on any atom is -0.378 e. The minimum absolute atomic E-state index is 0.0672. The lowest BCUT2D eigenvalue weighted by Crippen LogP contribution is -2.40. The van der Waals surface area contributed by atoms with Crippen molar-refractivity contribution in [3.05, 3.63) is 35.5 Å². The summed E-state index contributed by atoms with van der Waals surface area (Å²) in [6.45, 7) is 4.74. The second kappa shape index (κ2) is 5.05. The lowest BCUT2D eigenvalue weighted by molar-refractivity contribution is 0.0299. The number of hydrogen-bond donors (Lipinski definition) is 1. The van der Waals surface area contributed by atoms with Crippen LogP contribution in [0.4, 0.5) is 0 Å². The van der Waals surface area contributed by atoms with Crippen LogP contribution in [-0.2, 0) is 11.2 Å². The molecule has 1 amide bonds. The molecule has 2 aromatic rings. The van der Waals surface area contributed by atoms with Gasteiger partial charge in [0.15, 0.2) is 0 Å². The number of aromatic amines is 1. The highest BCUT2D eigenvalue weighted by Crippen LogP contribution is 2.19. The molecule has 0 atom stereocenters. The molecular weight excluding hydrogens is 240 g/mol. The number of morpholine rings is 1. The average molecular weight is 258 g/mol. The molecule has 4 heteroatoms. The number of carbonyl (C=O) groups is 1. The Morgan fingerprint density at radius 3 is 2.84 bits per heavy atom. The largest absolute Gasteiger partial charge is 0.378 e. The molecule has 1 aliphatic rings. The van der Waals surface area contributed by atoms with Crippen LogP contribution in [0.25, 0.3) is 10.9 Å². The zero-order chi connectivity index (χ0) is 13.2. The highest BCUT2D eigenvalue weighted by molar-refractivity contribution is 5.98. The Hall–Kier alpha value is -1.81. The van der Waals surface area contributed by atoms with Crippen LogP contribution in [0.2, 0.25) is 0 Å². The molecule has 0 saturated carbocycles. The van der Waals surface area contributed by atoms with Crippen LogP contribution in [0.3, 0.4) is 0 Å². The Balaban J connectivity index is 1.89. The fourth-order valence-corrected chi connectivity index (χ4v) is 2.45. The molecule has 2 heterocycles. The van der Waals surface area contributed by atoms with Gasteiger partial charge in [0.05, 0.1) is 13.2 Å². The molecule has 0 bridgehead atoms. The summed E-state index contributed by atoms with van der Waals surface area (Å²) in [6.07, 6.45) is 1.01. The Kier molecular flexibility index (Phi) is 3.25. The van der Waals surface area contributed by atoms with Crippen molar-refractivity contribution in [2.24, 2.45) is 0 Å². The van der Waals surface area contributed by atoms with Gasteiger partial charge in [-0.3, -0.25) is 4.79 Å². The van der Waals surface area contributed by atoms with Gasteiger partial charge in [-0.15, -0.1) is 0 Å². The first-order valence-electron chi connectivity index (χ1n) is 6.76. The van der Waals surface area contributed by atoms with Gasteiger partial charge in [-0.05, 0) is 30.2 Å². The molecule has 1 aromatic carbocycles. The molecule has 0 aliphatic carbocycles. The first kappa shape index (κ1) is 12.2. The van der Waals surface area contributed by atoms with Crippen molar-refractivity contribution in [3.63, 3.8) is 0 Å². The van der Waals surface area contributed by atoms with Gasteiger partial charge in [0, 0.05) is 24.0 Å². The van der Waals surface area contributed by atoms with Crippen molar-refractivity contribution in [3.8, 4) is 0 Å². The zero-order valence-corrected chi connectivity index (χ0v) is 11.1. The van der Waals surface area contributed by atoms with Gasteiger partial charge in [0.1, 0.15) is 5.69 Å². The predicted octanol–water partition coefficient (Wildman–Crippen LogP) is 2.20. The number of hydrogen-bond acceptors (Lipinski definition) is 2. The summed E-state index contributed by atoms with van der Waals surface area (Å²) in [5.41, 5.74) is 2.98. The number of rotatable bonds is 2. The summed E-state index contributed by atoms with van der Waals surface area (Å²) >= 11 is 0. The van der Waals surface area contributed by atoms with E-state index in [0.29, 0.717) is 32.0 Å². The van der Waals surface area contributed by atoms with E-state index in [0.717, 1.165) is 17.3 Å². The number of ether oxygens (including phenoxy) is 1. The van der Waals surface area contributed by atoms with E-state index < -0.39 is 0 Å². The second-order valence-electron chi connectivity index (χ2n) is 4.86. The molecule has 0 radical (unpaired) electrons. The second-order valence-corrected chi connectivity index (χ2v) is 4.86. The molecule has 1 fully saturated rings. The summed E-state index contributed by atoms with van der Waals surface area (Å²) in [5.74, 6) is 0.0672. The Morgan fingerprint density at radius 2 is 2.11 bits per heavy atom. The van der Waals surface area contributed by atoms with Gasteiger partial charge >= 0.3 is 0 Å². The predicted molar refractivity (Wildman–Crippen MR) is 74.4 cm³/mol. The van der Waals surface area contributed by atoms with E-state index >= 15 is 0 Å². The van der Waals surface area contributed by atoms with E-state index in [2.05, 4.69) is 24.0 Å². The van der Waals surface area contributed by atoms with Crippen LogP contribution < -0.4 is 0 Å². The van der Waals surface area contributed by atoms with Crippen molar-refractivity contribution in [2.75, 3.05) is 26.3 Å². The molecule has 3 rings (SSSR count). The lowest BCUT2D eigenvalue weighted by atomic mass is 10.1. The molecule has 1 saturated heterocycles. The van der Waals surface area contributed by atoms with Crippen molar-refractivity contribution in [2.45, 2.75) is 13.3 Å². The van der Waals surface area contributed by atoms with Crippen LogP contribution in [0.1, 0.15) is 23.0 Å². The Labute approximate surface area is 112 Å². The van der Waals surface area contributed by atoms with E-state index in [9.17, 15) is 4.79 Å². The van der Waals surface area contributed by atoms with Crippen molar-refractivity contribution in [1.82, 2.24) is 9.88 Å². The summed E-state index contributed by atoms with van der Waals surface area (Å²) in [4.78, 5) is 17.4. The van der Waals surface area contributed by atoms with Crippen molar-refractivity contribution in [1.29, 1.82) is 0 Å². The summed E-state index contributed by atoms with van der Waals surface area (Å²) in [5, 5.41) is 1.11. The topological polar surface area (TPSA) is 45.3 Å². The first-order chi connectivity index (χ1) is 9.28. The number of H-pyrrole nitrogens is 1. The van der Waals surface area contributed by atoms with Gasteiger partial charge in [0.25, 0.3) is 5.91 Å². The maximum atomic E-state index is 12.4. The molecule has 1 N–H and O–H groups in total. The van der Waals surface area contributed by atoms with Crippen LogP contribution in [-0.4, -0.2) is 42.1 Å². The standard InChI is InChI=1S/C15H18N2O2/c1-2-11-3-4-13-12(9-11)10-14(16-13)15(18)17-5-7-19-8-6-17/h3-4,9-10,16H,2,5-8H2,1H3. The van der Waals surface area contributed by atoms with Crippen molar-refractivity contribution < 1.29 is 9.53 Å². The molecule has 1 aromatic heterocycles. The maximum absolute atomic E-state index is 12.4. The van der Waals surface area contributed by atoms with Crippen molar-refractivity contribution >= 4 is 16.8 Å². The highest BCUT2D eigenvalue weighted by Gasteiger charge is 2.19. The van der Waals surface area contributed by atoms with E-state index in [4.69, 9.17) is 4.74 Å². The molecule has 100 valence electrons. The quantitative estimate of drug-likeness (QED) is 0.897. The molecule has 4 nitrogen and oxygen atoms in total. The van der Waals surface area contributed by atoms with Gasteiger partial charge in [-0.2, -0.15) is 0 Å². The highest BCUT2D eigenvalue weighted by atomic mass is 16.5. The number of fused-ring (bicyclic) bond motifs is 1. The van der Waals surface area contributed by atoms with Crippen LogP contribution in [0.5, 0.6) is 0 Å². The van der Waals surface area contributed by atoms with Gasteiger partial charge in [-0.25, -0.2) is 0 Å². The van der Waals surface area contributed by atoms with Gasteiger partial charge in [0.2, 0.25) is 0 Å². The van der Waals surface area contributed by atoms with Gasteiger partial charge < -0.3 is 14.6 Å². The number of aromatic nitrogens is 1. The number of aryl methyl sites for hydroxylation is 1. The minimum atomic E-state index is 0.0672. The first-order valence-corrected chi connectivity index (χ1v) is 6.76. The monoisotopic (exact) mass is 258 g/mol. The smallest absolute Gasteiger partial charge is 0.270 e. The van der Waals surface area contributed by atoms with E-state index in [1.807, 2.05) is 17.0 Å². The van der Waals surface area contributed by atoms with Crippen LogP contribution in [0.15, 0.2) is 24.3 Å². The number of benzene rings is 1. The third-order valence-electron chi connectivity index (χ3n) is 3.62. The third-order valence-corrected chi connectivity index (χ3v) is 3.62. The average Bonchev–Trinajstić information content (AvgIpc) is 2.90. The van der Waals surface area contributed by atoms with E-state index in [-0.39, 0.29) is 5.91 Å². The summed E-state index contributed by atoms with van der Waals surface area (Å²) in [6, 6.07) is 8.24. The molecule has 0 spiro atoms. The number of nitrogens with one attached hydrogen (secondary N) is 1. The van der Waals surface area contributed by atoms with Crippen LogP contribution in [0, 0.1) is 0 Å². The Bertz CT molecular complexity index is 597. The molecular formula is C15H18N2O2.